The van der Waals surface area contributed by atoms with Crippen molar-refractivity contribution in [1.82, 2.24) is 9.62 Å². The number of benzene rings is 2. The van der Waals surface area contributed by atoms with Gasteiger partial charge >= 0.3 is 6.09 Å². The van der Waals surface area contributed by atoms with Crippen LogP contribution in [0, 0.1) is 6.92 Å². The summed E-state index contributed by atoms with van der Waals surface area (Å²) in [7, 11) is -3.78. The number of aryl methyl sites for hydroxylation is 1. The number of carbonyl (C=O) groups is 2. The SMILES string of the molecule is Cc1ccc(S(=O)(=O)NC[C@@H](Br)C(=O)N2C(=O)OC[C@H]2c2ccccc2)cc1. The van der Waals surface area contributed by atoms with E-state index in [1.165, 1.54) is 12.1 Å². The Morgan fingerprint density at radius 1 is 1.21 bits per heavy atom. The Hall–Kier alpha value is -2.23. The van der Waals surface area contributed by atoms with E-state index in [4.69, 9.17) is 4.74 Å². The van der Waals surface area contributed by atoms with Crippen LogP contribution in [0.25, 0.3) is 0 Å². The van der Waals surface area contributed by atoms with Gasteiger partial charge in [-0.25, -0.2) is 22.8 Å². The van der Waals surface area contributed by atoms with Crippen LogP contribution in [0.5, 0.6) is 0 Å². The molecule has 148 valence electrons. The fourth-order valence-corrected chi connectivity index (χ4v) is 4.45. The number of ether oxygens (including phenoxy) is 1. The summed E-state index contributed by atoms with van der Waals surface area (Å²) in [6.07, 6.45) is -0.746. The summed E-state index contributed by atoms with van der Waals surface area (Å²) in [5, 5.41) is 0. The van der Waals surface area contributed by atoms with E-state index in [0.717, 1.165) is 16.0 Å². The molecule has 1 heterocycles. The lowest BCUT2D eigenvalue weighted by Gasteiger charge is -2.22. The topological polar surface area (TPSA) is 92.8 Å². The number of nitrogens with one attached hydrogen (secondary N) is 1. The lowest BCUT2D eigenvalue weighted by molar-refractivity contribution is -0.128. The van der Waals surface area contributed by atoms with E-state index in [1.807, 2.05) is 25.1 Å². The molecule has 0 radical (unpaired) electrons. The van der Waals surface area contributed by atoms with Gasteiger partial charge in [-0.05, 0) is 24.6 Å². The van der Waals surface area contributed by atoms with Crippen LogP contribution in [-0.4, -0.2) is 43.3 Å². The minimum absolute atomic E-state index is 0.0589. The number of hydrogen-bond acceptors (Lipinski definition) is 5. The third-order valence-electron chi connectivity index (χ3n) is 4.35. The summed E-state index contributed by atoms with van der Waals surface area (Å²) in [5.41, 5.74) is 1.70. The van der Waals surface area contributed by atoms with Gasteiger partial charge in [-0.2, -0.15) is 0 Å². The Morgan fingerprint density at radius 3 is 2.50 bits per heavy atom. The first-order valence-corrected chi connectivity index (χ1v) is 10.9. The standard InChI is InChI=1S/C19H19BrN2O5S/c1-13-7-9-15(10-8-13)28(25,26)21-11-16(20)18(23)22-17(12-27-19(22)24)14-5-3-2-4-6-14/h2-10,16-17,21H,11-12H2,1H3/t16-,17+/m1/s1. The van der Waals surface area contributed by atoms with Crippen molar-refractivity contribution in [3.05, 3.63) is 65.7 Å². The molecule has 0 spiro atoms. The number of amides is 2. The average molecular weight is 467 g/mol. The highest BCUT2D eigenvalue weighted by Gasteiger charge is 2.41. The van der Waals surface area contributed by atoms with Gasteiger partial charge in [0, 0.05) is 6.54 Å². The van der Waals surface area contributed by atoms with E-state index in [0.29, 0.717) is 0 Å². The zero-order valence-corrected chi connectivity index (χ0v) is 17.4. The van der Waals surface area contributed by atoms with Crippen molar-refractivity contribution in [1.29, 1.82) is 0 Å². The van der Waals surface area contributed by atoms with E-state index < -0.39 is 32.9 Å². The molecule has 1 aliphatic heterocycles. The Morgan fingerprint density at radius 2 is 1.86 bits per heavy atom. The van der Waals surface area contributed by atoms with Gasteiger partial charge in [0.2, 0.25) is 15.9 Å². The number of nitrogens with zero attached hydrogens (tertiary/aromatic N) is 1. The first-order valence-electron chi connectivity index (χ1n) is 8.55. The van der Waals surface area contributed by atoms with E-state index in [1.54, 1.807) is 24.3 Å². The Bertz CT molecular complexity index is 964. The summed E-state index contributed by atoms with van der Waals surface area (Å²) >= 11 is 3.19. The summed E-state index contributed by atoms with van der Waals surface area (Å²) in [6.45, 7) is 1.71. The second-order valence-corrected chi connectivity index (χ2v) is 9.22. The van der Waals surface area contributed by atoms with Gasteiger partial charge in [-0.3, -0.25) is 4.79 Å². The fraction of sp³-hybridized carbons (Fsp3) is 0.263. The number of carbonyl (C=O) groups excluding carboxylic acids is 2. The molecule has 2 aromatic carbocycles. The minimum atomic E-state index is -3.78. The van der Waals surface area contributed by atoms with Crippen LogP contribution in [0.2, 0.25) is 0 Å². The minimum Gasteiger partial charge on any atom is -0.446 e. The Kier molecular flexibility index (Phi) is 6.17. The van der Waals surface area contributed by atoms with Crippen LogP contribution in [0.4, 0.5) is 4.79 Å². The molecular weight excluding hydrogens is 448 g/mol. The van der Waals surface area contributed by atoms with Crippen LogP contribution >= 0.6 is 15.9 Å². The third kappa shape index (κ3) is 4.43. The van der Waals surface area contributed by atoms with Gasteiger partial charge in [0.1, 0.15) is 17.5 Å². The van der Waals surface area contributed by atoms with Crippen molar-refractivity contribution in [3.63, 3.8) is 0 Å². The Labute approximate surface area is 171 Å². The van der Waals surface area contributed by atoms with Crippen molar-refractivity contribution in [2.24, 2.45) is 0 Å². The summed E-state index contributed by atoms with van der Waals surface area (Å²) in [4.78, 5) is 25.1. The molecular formula is C19H19BrN2O5S. The molecule has 2 atom stereocenters. The molecule has 0 saturated carbocycles. The highest BCUT2D eigenvalue weighted by Crippen LogP contribution is 2.29. The largest absolute Gasteiger partial charge is 0.446 e. The molecule has 3 rings (SSSR count). The van der Waals surface area contributed by atoms with Gasteiger partial charge in [0.25, 0.3) is 0 Å². The van der Waals surface area contributed by atoms with E-state index in [2.05, 4.69) is 20.7 Å². The molecule has 0 bridgehead atoms. The maximum absolute atomic E-state index is 12.8. The number of rotatable bonds is 6. The van der Waals surface area contributed by atoms with Gasteiger partial charge in [0.05, 0.1) is 4.90 Å². The molecule has 1 N–H and O–H groups in total. The average Bonchev–Trinajstić information content (AvgIpc) is 3.08. The second-order valence-electron chi connectivity index (χ2n) is 6.34. The van der Waals surface area contributed by atoms with Crippen molar-refractivity contribution < 1.29 is 22.7 Å². The number of alkyl halides is 1. The number of cyclic esters (lactones) is 1. The van der Waals surface area contributed by atoms with Crippen molar-refractivity contribution >= 4 is 38.0 Å². The number of halogens is 1. The highest BCUT2D eigenvalue weighted by molar-refractivity contribution is 9.10. The van der Waals surface area contributed by atoms with Crippen molar-refractivity contribution in [2.45, 2.75) is 22.7 Å². The molecule has 9 heteroatoms. The van der Waals surface area contributed by atoms with Crippen LogP contribution in [0.3, 0.4) is 0 Å². The van der Waals surface area contributed by atoms with Crippen LogP contribution < -0.4 is 4.72 Å². The van der Waals surface area contributed by atoms with Crippen molar-refractivity contribution in [3.8, 4) is 0 Å². The third-order valence-corrected chi connectivity index (χ3v) is 6.50. The summed E-state index contributed by atoms with van der Waals surface area (Å²) in [6, 6.07) is 14.9. The molecule has 2 amide bonds. The number of sulfonamides is 1. The molecule has 28 heavy (non-hydrogen) atoms. The van der Waals surface area contributed by atoms with E-state index >= 15 is 0 Å². The first-order chi connectivity index (χ1) is 13.3. The lowest BCUT2D eigenvalue weighted by atomic mass is 10.1. The zero-order chi connectivity index (χ0) is 20.3. The predicted molar refractivity (Wildman–Crippen MR) is 106 cm³/mol. The second kappa shape index (κ2) is 8.42. The van der Waals surface area contributed by atoms with Gasteiger partial charge < -0.3 is 4.74 Å². The lowest BCUT2D eigenvalue weighted by Crippen LogP contribution is -2.43. The highest BCUT2D eigenvalue weighted by atomic mass is 79.9. The molecule has 0 aromatic heterocycles. The van der Waals surface area contributed by atoms with Crippen LogP contribution in [0.1, 0.15) is 17.2 Å². The number of imide groups is 1. The molecule has 0 aliphatic carbocycles. The first kappa shape index (κ1) is 20.5. The monoisotopic (exact) mass is 466 g/mol. The van der Waals surface area contributed by atoms with Crippen LogP contribution in [-0.2, 0) is 19.6 Å². The van der Waals surface area contributed by atoms with Gasteiger partial charge in [-0.1, -0.05) is 64.0 Å². The predicted octanol–water partition coefficient (Wildman–Crippen LogP) is 2.76. The van der Waals surface area contributed by atoms with Crippen LogP contribution in [0.15, 0.2) is 59.5 Å². The molecule has 0 unspecified atom stereocenters. The molecule has 1 saturated heterocycles. The Balaban J connectivity index is 1.69. The van der Waals surface area contributed by atoms with Gasteiger partial charge in [-0.15, -0.1) is 0 Å². The maximum Gasteiger partial charge on any atom is 0.417 e. The van der Waals surface area contributed by atoms with E-state index in [9.17, 15) is 18.0 Å². The van der Waals surface area contributed by atoms with Crippen molar-refractivity contribution in [2.75, 3.05) is 13.2 Å². The quantitative estimate of drug-likeness (QED) is 0.660. The number of hydrogen-bond donors (Lipinski definition) is 1. The smallest absolute Gasteiger partial charge is 0.417 e. The fourth-order valence-electron chi connectivity index (χ4n) is 2.81. The summed E-state index contributed by atoms with van der Waals surface area (Å²) in [5.74, 6) is -0.567. The normalized spacial score (nSPS) is 18.0. The summed E-state index contributed by atoms with van der Waals surface area (Å²) < 4.78 is 32.2. The molecule has 7 nitrogen and oxygen atoms in total. The van der Waals surface area contributed by atoms with E-state index in [-0.39, 0.29) is 18.0 Å². The molecule has 1 fully saturated rings. The van der Waals surface area contributed by atoms with Gasteiger partial charge in [0.15, 0.2) is 0 Å². The maximum atomic E-state index is 12.8. The molecule has 2 aromatic rings. The zero-order valence-electron chi connectivity index (χ0n) is 15.0. The molecule has 1 aliphatic rings.